The zero-order valence-corrected chi connectivity index (χ0v) is 47.3. The van der Waals surface area contributed by atoms with E-state index in [1.165, 1.54) is 22.3 Å². The Morgan fingerprint density at radius 3 is 2.12 bits per heavy atom. The SMILES string of the molecule is CC1=C(NC(=O)OCC(F)(F)I)C(=O)N2[C@H](c3nc4ccc(-c5cc6ccc5CCc5ccc(c(-c7ccc8c(c7)NC(C)([C@@H]7C[C@@H]9CCCC%10C(C)[C@H](NC(=O)OCC(F)(F)F)C(=O)N7[C@@H]%109)N8)c5)CC6)cc4[nH]3)C[C@@H]3CCCC1[C@@H]32. The van der Waals surface area contributed by atoms with E-state index in [0.717, 1.165) is 150 Å². The maximum absolute atomic E-state index is 14.5. The van der Waals surface area contributed by atoms with Crippen molar-refractivity contribution in [1.82, 2.24) is 30.4 Å². The molecule has 1 aromatic heterocycles. The van der Waals surface area contributed by atoms with E-state index in [-0.39, 0.29) is 71.3 Å². The maximum atomic E-state index is 14.5. The van der Waals surface area contributed by atoms with E-state index in [1.807, 2.05) is 29.7 Å². The molecule has 6 heterocycles. The number of alkyl halides is 6. The molecule has 0 spiro atoms. The molecular formula is C61H64F5IN8O6. The molecule has 2 saturated carbocycles. The molecule has 11 aliphatic rings. The number of amides is 4. The largest absolute Gasteiger partial charge is 0.442 e. The van der Waals surface area contributed by atoms with Crippen LogP contribution in [-0.2, 0) is 44.7 Å². The second-order valence-corrected chi connectivity index (χ2v) is 25.8. The Labute approximate surface area is 479 Å². The molecular weight excluding hydrogens is 1160 g/mol. The van der Waals surface area contributed by atoms with Gasteiger partial charge in [0.05, 0.1) is 34.5 Å². The van der Waals surface area contributed by atoms with E-state index in [2.05, 4.69) is 105 Å². The summed E-state index contributed by atoms with van der Waals surface area (Å²) in [7, 11) is 0. The summed E-state index contributed by atoms with van der Waals surface area (Å²) in [6, 6.07) is 24.5. The number of nitrogens with one attached hydrogen (secondary N) is 5. The summed E-state index contributed by atoms with van der Waals surface area (Å²) in [5.41, 5.74) is 12.8. The number of H-pyrrole nitrogens is 1. The number of halogens is 6. The molecule has 4 aromatic carbocycles. The Morgan fingerprint density at radius 1 is 0.765 bits per heavy atom. The number of hydrogen-bond donors (Lipinski definition) is 5. The number of aromatic nitrogens is 2. The van der Waals surface area contributed by atoms with Crippen molar-refractivity contribution in [2.45, 2.75) is 144 Å². The quantitative estimate of drug-likeness (QED) is 0.0548. The average Bonchev–Trinajstić information content (AvgIpc) is 4.41. The summed E-state index contributed by atoms with van der Waals surface area (Å²) in [5, 5.41) is 12.6. The lowest BCUT2D eigenvalue weighted by atomic mass is 9.68. The average molecular weight is 1230 g/mol. The summed E-state index contributed by atoms with van der Waals surface area (Å²) in [5.74, 6) is 0.364. The topological polar surface area (TPSA) is 170 Å². The monoisotopic (exact) mass is 1230 g/mol. The second-order valence-electron chi connectivity index (χ2n) is 24.2. The van der Waals surface area contributed by atoms with Gasteiger partial charge in [-0.2, -0.15) is 22.0 Å². The molecule has 5 aliphatic heterocycles. The number of carbonyl (C=O) groups excluding carboxylic acids is 4. The fraction of sp³-hybridized carbons (Fsp3) is 0.492. The summed E-state index contributed by atoms with van der Waals surface area (Å²) in [6.07, 6.45) is 3.23. The highest BCUT2D eigenvalue weighted by molar-refractivity contribution is 14.1. The molecule has 16 rings (SSSR count). The van der Waals surface area contributed by atoms with Crippen LogP contribution in [0.2, 0.25) is 0 Å². The van der Waals surface area contributed by atoms with Gasteiger partial charge in [-0.15, -0.1) is 0 Å². The van der Waals surface area contributed by atoms with Crippen molar-refractivity contribution in [2.75, 3.05) is 23.8 Å². The first kappa shape index (κ1) is 53.8. The van der Waals surface area contributed by atoms with E-state index in [1.54, 1.807) is 0 Å². The number of fused-ring (bicyclic) bond motifs is 2. The first-order valence-corrected chi connectivity index (χ1v) is 29.6. The van der Waals surface area contributed by atoms with Gasteiger partial charge in [0.15, 0.2) is 13.2 Å². The third-order valence-corrected chi connectivity index (χ3v) is 19.7. The molecule has 3 saturated heterocycles. The van der Waals surface area contributed by atoms with Crippen molar-refractivity contribution >= 4 is 69.0 Å². The minimum Gasteiger partial charge on any atom is -0.442 e. The number of benzene rings is 4. The Morgan fingerprint density at radius 2 is 1.42 bits per heavy atom. The van der Waals surface area contributed by atoms with E-state index in [4.69, 9.17) is 9.72 Å². The minimum absolute atomic E-state index is 0.0161. The number of carbonyl (C=O) groups is 4. The van der Waals surface area contributed by atoms with Crippen molar-refractivity contribution in [3.8, 4) is 22.3 Å². The van der Waals surface area contributed by atoms with Crippen LogP contribution < -0.4 is 21.3 Å². The molecule has 5 N–H and O–H groups in total. The number of alkyl carbamates (subject to hydrolysis) is 2. The third-order valence-electron chi connectivity index (χ3n) is 19.4. The van der Waals surface area contributed by atoms with Crippen molar-refractivity contribution in [2.24, 2.45) is 29.6 Å². The van der Waals surface area contributed by atoms with E-state index < -0.39 is 47.2 Å². The van der Waals surface area contributed by atoms with Crippen molar-refractivity contribution in [1.29, 1.82) is 0 Å². The maximum Gasteiger partial charge on any atom is 0.422 e. The summed E-state index contributed by atoms with van der Waals surface area (Å²) in [6.45, 7) is 3.00. The van der Waals surface area contributed by atoms with Gasteiger partial charge in [0.1, 0.15) is 23.2 Å². The number of nitrogens with zero attached hydrogens (tertiary/aromatic N) is 3. The number of anilines is 2. The van der Waals surface area contributed by atoms with Crippen molar-refractivity contribution in [3.63, 3.8) is 0 Å². The molecule has 5 aromatic rings. The lowest BCUT2D eigenvalue weighted by molar-refractivity contribution is -0.161. The van der Waals surface area contributed by atoms with Crippen LogP contribution in [0.15, 0.2) is 84.1 Å². The van der Waals surface area contributed by atoms with Gasteiger partial charge in [0, 0.05) is 40.6 Å². The van der Waals surface area contributed by atoms with Gasteiger partial charge in [-0.25, -0.2) is 14.6 Å². The lowest BCUT2D eigenvalue weighted by Crippen LogP contribution is -2.68. The van der Waals surface area contributed by atoms with Gasteiger partial charge in [-0.05, 0) is 176 Å². The molecule has 20 heteroatoms. The van der Waals surface area contributed by atoms with Gasteiger partial charge in [0.2, 0.25) is 5.91 Å². The number of imidazole rings is 1. The Balaban J connectivity index is 0.724. The number of ether oxygens (including phenoxy) is 2. The van der Waals surface area contributed by atoms with Crippen LogP contribution in [0.4, 0.5) is 42.9 Å². The molecule has 5 fully saturated rings. The van der Waals surface area contributed by atoms with Gasteiger partial charge < -0.3 is 40.2 Å². The highest BCUT2D eigenvalue weighted by Gasteiger charge is 2.61. The number of hydrogen-bond acceptors (Lipinski definition) is 9. The van der Waals surface area contributed by atoms with E-state index in [9.17, 15) is 41.1 Å². The Kier molecular flexibility index (Phi) is 13.4. The molecule has 6 aliphatic carbocycles. The fourth-order valence-corrected chi connectivity index (χ4v) is 15.9. The van der Waals surface area contributed by atoms with Crippen LogP contribution in [0.5, 0.6) is 0 Å². The molecule has 4 amide bonds. The van der Waals surface area contributed by atoms with Crippen molar-refractivity contribution in [3.05, 3.63) is 112 Å². The second kappa shape index (κ2) is 20.2. The highest BCUT2D eigenvalue weighted by atomic mass is 127. The standard InChI is InChI=1S/C61H64F5IN8O6/c1-30-40-8-4-6-38-26-48(74(52(38)40)55(76)50(30)70-58(79)81-29-61(65,66)67)54-68-44-20-18-36(24-46(44)69-54)42-22-32-10-14-34(42)15-11-33-13-17-35(16-12-32)43(23-33)37-19-21-45-47(25-37)73-59(3,72-45)49-27-39-7-5-9-41-31(2)51(56(77)75(49)53(39)41)71-57(78)80-28-60(62,63)64/h10,13-14,17-25,31,38-41,48-49,51-53,72-73H,4-9,11-12,15-16,26-29H2,1-3H3,(H,68,69)(H,70,79)(H,71,78)/t31?,38-,39-,40?,41?,48-,49-,51-,52+,53+,59?/m0/s1. The van der Waals surface area contributed by atoms with Gasteiger partial charge >= 0.3 is 22.3 Å². The summed E-state index contributed by atoms with van der Waals surface area (Å²) in [4.78, 5) is 66.8. The lowest BCUT2D eigenvalue weighted by Gasteiger charge is -2.51. The van der Waals surface area contributed by atoms with Crippen LogP contribution in [0.3, 0.4) is 0 Å². The first-order valence-electron chi connectivity index (χ1n) is 28.5. The smallest absolute Gasteiger partial charge is 0.422 e. The molecule has 426 valence electrons. The van der Waals surface area contributed by atoms with Gasteiger partial charge in [-0.3, -0.25) is 14.9 Å². The summed E-state index contributed by atoms with van der Waals surface area (Å²) < 4.78 is 72.1. The zero-order chi connectivity index (χ0) is 56.4. The predicted octanol–water partition coefficient (Wildman–Crippen LogP) is 12.1. The fourth-order valence-electron chi connectivity index (χ4n) is 15.7. The number of piperidine rings is 1. The molecule has 14 nitrogen and oxygen atoms in total. The normalized spacial score (nSPS) is 29.3. The Bertz CT molecular complexity index is 3440. The van der Waals surface area contributed by atoms with Crippen molar-refractivity contribution < 1.29 is 50.6 Å². The van der Waals surface area contributed by atoms with Crippen LogP contribution in [0, 0.1) is 29.6 Å². The third kappa shape index (κ3) is 9.85. The van der Waals surface area contributed by atoms with Crippen LogP contribution >= 0.6 is 22.6 Å². The highest BCUT2D eigenvalue weighted by Crippen LogP contribution is 2.55. The predicted molar refractivity (Wildman–Crippen MR) is 302 cm³/mol. The van der Waals surface area contributed by atoms with Gasteiger partial charge in [-0.1, -0.05) is 68.3 Å². The molecule has 81 heavy (non-hydrogen) atoms. The minimum atomic E-state index is -4.69. The number of rotatable bonds is 9. The first-order chi connectivity index (χ1) is 38.7. The van der Waals surface area contributed by atoms with E-state index in [0.29, 0.717) is 5.82 Å². The number of aryl methyl sites for hydroxylation is 4. The van der Waals surface area contributed by atoms with E-state index >= 15 is 0 Å². The number of aromatic amines is 1. The molecule has 0 radical (unpaired) electrons. The Hall–Kier alpha value is -6.45. The van der Waals surface area contributed by atoms with Crippen LogP contribution in [0.25, 0.3) is 33.3 Å². The molecule has 4 unspecified atom stereocenters. The van der Waals surface area contributed by atoms with Gasteiger partial charge in [0.25, 0.3) is 5.91 Å². The zero-order valence-electron chi connectivity index (χ0n) is 45.2. The molecule has 4 bridgehead atoms. The summed E-state index contributed by atoms with van der Waals surface area (Å²) >= 11 is 0.915. The molecule has 11 atom stereocenters. The van der Waals surface area contributed by atoms with Crippen LogP contribution in [0.1, 0.15) is 106 Å². The van der Waals surface area contributed by atoms with Crippen LogP contribution in [-0.4, -0.2) is 96.9 Å².